The molecule has 1 aromatic carbocycles. The number of amides is 2. The lowest BCUT2D eigenvalue weighted by Gasteiger charge is -2.71. The molecule has 0 aromatic heterocycles. The first-order chi connectivity index (χ1) is 25.8. The SMILES string of the molecule is CC1(C)CC[C@]2(C(=O)OCc3ccccc3)CC[C@]3(C)C(=CCC4[C@@]5(C)CCC(OC(=O)NCC(=O)O)[C@@](C)(COC(=O)NCC(=O)O)C5CC[C@]43C)[C@@H]2C1. The van der Waals surface area contributed by atoms with Gasteiger partial charge in [0.25, 0.3) is 0 Å². The number of nitrogens with one attached hydrogen (secondary N) is 2. The molecule has 9 atom stereocenters. The number of ether oxygens (including phenoxy) is 3. The third kappa shape index (κ3) is 7.23. The highest BCUT2D eigenvalue weighted by atomic mass is 16.6. The van der Waals surface area contributed by atoms with Crippen molar-refractivity contribution in [2.45, 2.75) is 118 Å². The number of carboxylic acid groups (broad SMARTS) is 2. The molecular formula is C43H60N2O10. The number of carboxylic acids is 2. The number of fused-ring (bicyclic) bond motifs is 7. The number of hydrogen-bond acceptors (Lipinski definition) is 8. The Balaban J connectivity index is 1.31. The second-order valence-electron chi connectivity index (χ2n) is 18.9. The fraction of sp³-hybridized carbons (Fsp3) is 0.698. The molecule has 0 radical (unpaired) electrons. The van der Waals surface area contributed by atoms with Gasteiger partial charge in [0, 0.05) is 5.41 Å². The molecule has 5 aliphatic rings. The van der Waals surface area contributed by atoms with Gasteiger partial charge in [-0.25, -0.2) is 9.59 Å². The molecule has 4 fully saturated rings. The Labute approximate surface area is 324 Å². The summed E-state index contributed by atoms with van der Waals surface area (Å²) in [6.07, 6.45) is 8.17. The van der Waals surface area contributed by atoms with E-state index in [0.29, 0.717) is 6.42 Å². The highest BCUT2D eigenvalue weighted by Gasteiger charge is 2.70. The molecule has 3 unspecified atom stereocenters. The van der Waals surface area contributed by atoms with Gasteiger partial charge in [-0.1, -0.05) is 83.5 Å². The molecule has 6 rings (SSSR count). The summed E-state index contributed by atoms with van der Waals surface area (Å²) < 4.78 is 17.8. The van der Waals surface area contributed by atoms with Crippen molar-refractivity contribution in [1.82, 2.24) is 10.6 Å². The molecule has 2 amide bonds. The van der Waals surface area contributed by atoms with Crippen LogP contribution in [-0.4, -0.2) is 66.1 Å². The van der Waals surface area contributed by atoms with Gasteiger partial charge in [-0.15, -0.1) is 0 Å². The minimum atomic E-state index is -1.20. The van der Waals surface area contributed by atoms with Crippen molar-refractivity contribution in [1.29, 1.82) is 0 Å². The number of allylic oxidation sites excluding steroid dienone is 2. The highest BCUT2D eigenvalue weighted by molar-refractivity contribution is 5.79. The largest absolute Gasteiger partial charge is 0.480 e. The quantitative estimate of drug-likeness (QED) is 0.106. The number of esters is 1. The molecule has 0 saturated heterocycles. The van der Waals surface area contributed by atoms with Crippen LogP contribution in [0.1, 0.15) is 111 Å². The van der Waals surface area contributed by atoms with E-state index in [9.17, 15) is 24.0 Å². The first-order valence-electron chi connectivity index (χ1n) is 20.0. The molecule has 5 aliphatic carbocycles. The van der Waals surface area contributed by atoms with E-state index < -0.39 is 54.1 Å². The second-order valence-corrected chi connectivity index (χ2v) is 18.9. The molecule has 0 bridgehead atoms. The lowest BCUT2D eigenvalue weighted by molar-refractivity contribution is -0.216. The number of alkyl carbamates (subject to hydrolysis) is 2. The van der Waals surface area contributed by atoms with Crippen molar-refractivity contribution in [3.63, 3.8) is 0 Å². The summed E-state index contributed by atoms with van der Waals surface area (Å²) in [5.74, 6) is -2.19. The van der Waals surface area contributed by atoms with Crippen LogP contribution in [0, 0.1) is 50.2 Å². The first-order valence-corrected chi connectivity index (χ1v) is 20.0. The van der Waals surface area contributed by atoms with Crippen molar-refractivity contribution in [2.75, 3.05) is 19.7 Å². The Bertz CT molecular complexity index is 1710. The maximum atomic E-state index is 14.4. The Morgan fingerprint density at radius 3 is 2.09 bits per heavy atom. The third-order valence-electron chi connectivity index (χ3n) is 15.5. The smallest absolute Gasteiger partial charge is 0.407 e. The highest BCUT2D eigenvalue weighted by Crippen LogP contribution is 2.76. The fourth-order valence-electron chi connectivity index (χ4n) is 12.4. The predicted octanol–water partition coefficient (Wildman–Crippen LogP) is 7.50. The van der Waals surface area contributed by atoms with Crippen LogP contribution in [0.5, 0.6) is 0 Å². The fourth-order valence-corrected chi connectivity index (χ4v) is 12.4. The van der Waals surface area contributed by atoms with Crippen LogP contribution in [0.4, 0.5) is 9.59 Å². The van der Waals surface area contributed by atoms with Crippen molar-refractivity contribution in [2.24, 2.45) is 50.2 Å². The van der Waals surface area contributed by atoms with Crippen molar-refractivity contribution < 1.29 is 48.4 Å². The van der Waals surface area contributed by atoms with Gasteiger partial charge in [-0.3, -0.25) is 14.4 Å². The monoisotopic (exact) mass is 764 g/mol. The van der Waals surface area contributed by atoms with Crippen LogP contribution in [0.15, 0.2) is 42.0 Å². The van der Waals surface area contributed by atoms with Gasteiger partial charge in [0.2, 0.25) is 0 Å². The van der Waals surface area contributed by atoms with E-state index in [1.165, 1.54) is 5.57 Å². The van der Waals surface area contributed by atoms with Crippen molar-refractivity contribution in [3.8, 4) is 0 Å². The van der Waals surface area contributed by atoms with Crippen LogP contribution in [0.2, 0.25) is 0 Å². The number of carbonyl (C=O) groups excluding carboxylic acids is 3. The molecular weight excluding hydrogens is 704 g/mol. The van der Waals surface area contributed by atoms with Gasteiger partial charge in [0.15, 0.2) is 0 Å². The van der Waals surface area contributed by atoms with Crippen LogP contribution in [0.3, 0.4) is 0 Å². The predicted molar refractivity (Wildman–Crippen MR) is 202 cm³/mol. The number of rotatable bonds is 10. The molecule has 1 aromatic rings. The number of benzene rings is 1. The maximum Gasteiger partial charge on any atom is 0.407 e. The first kappa shape index (κ1) is 40.6. The molecule has 0 heterocycles. The second kappa shape index (κ2) is 14.8. The minimum Gasteiger partial charge on any atom is -0.480 e. The number of hydrogen-bond donors (Lipinski definition) is 4. The Morgan fingerprint density at radius 1 is 0.764 bits per heavy atom. The Morgan fingerprint density at radius 2 is 1.42 bits per heavy atom. The topological polar surface area (TPSA) is 178 Å². The number of aliphatic carboxylic acids is 2. The molecule has 12 heteroatoms. The van der Waals surface area contributed by atoms with Crippen molar-refractivity contribution >= 4 is 30.1 Å². The van der Waals surface area contributed by atoms with E-state index in [1.807, 2.05) is 37.3 Å². The van der Waals surface area contributed by atoms with Gasteiger partial charge in [0.1, 0.15) is 32.4 Å². The zero-order valence-corrected chi connectivity index (χ0v) is 33.3. The average Bonchev–Trinajstić information content (AvgIpc) is 3.13. The summed E-state index contributed by atoms with van der Waals surface area (Å²) >= 11 is 0. The minimum absolute atomic E-state index is 0.0424. The van der Waals surface area contributed by atoms with Crippen LogP contribution >= 0.6 is 0 Å². The molecule has 4 saturated carbocycles. The Kier molecular flexibility index (Phi) is 10.9. The standard InChI is InChI=1S/C43H60N2O10/c1-38(2)18-20-43(35(50)53-25-27-10-8-7-9-11-27)21-19-41(5)28(29(43)22-38)12-13-31-39(3)16-15-32(55-37(52)45-24-34(48)49)40(4,30(39)14-17-42(31,41)6)26-54-36(51)44-23-33(46)47/h7-12,29-32H,13-26H2,1-6H3,(H,44,51)(H,45,52)(H,46,47)(H,48,49)/t29-,30?,31?,32?,39-,40-,41+,42+,43-/m0/s1. The summed E-state index contributed by atoms with van der Waals surface area (Å²) in [6, 6.07) is 9.87. The van der Waals surface area contributed by atoms with E-state index in [2.05, 4.69) is 51.3 Å². The van der Waals surface area contributed by atoms with E-state index in [-0.39, 0.29) is 58.6 Å². The van der Waals surface area contributed by atoms with Gasteiger partial charge in [0.05, 0.1) is 5.41 Å². The van der Waals surface area contributed by atoms with E-state index >= 15 is 0 Å². The van der Waals surface area contributed by atoms with Crippen LogP contribution in [0.25, 0.3) is 0 Å². The van der Waals surface area contributed by atoms with Gasteiger partial charge in [-0.2, -0.15) is 0 Å². The van der Waals surface area contributed by atoms with Gasteiger partial charge < -0.3 is 35.1 Å². The van der Waals surface area contributed by atoms with E-state index in [0.717, 1.165) is 63.4 Å². The zero-order valence-electron chi connectivity index (χ0n) is 33.3. The van der Waals surface area contributed by atoms with Gasteiger partial charge in [-0.05, 0) is 109 Å². The summed E-state index contributed by atoms with van der Waals surface area (Å²) in [6.45, 7) is 12.8. The van der Waals surface area contributed by atoms with Crippen molar-refractivity contribution in [3.05, 3.63) is 47.5 Å². The Hall–Kier alpha value is -4.09. The van der Waals surface area contributed by atoms with Crippen LogP contribution < -0.4 is 10.6 Å². The molecule has 0 spiro atoms. The zero-order chi connectivity index (χ0) is 40.0. The summed E-state index contributed by atoms with van der Waals surface area (Å²) in [7, 11) is 0. The molecule has 12 nitrogen and oxygen atoms in total. The molecule has 4 N–H and O–H groups in total. The molecule has 0 aliphatic heterocycles. The average molecular weight is 765 g/mol. The van der Waals surface area contributed by atoms with E-state index in [1.54, 1.807) is 0 Å². The van der Waals surface area contributed by atoms with Gasteiger partial charge >= 0.3 is 30.1 Å². The summed E-state index contributed by atoms with van der Waals surface area (Å²) in [4.78, 5) is 62.2. The van der Waals surface area contributed by atoms with Crippen LogP contribution in [-0.2, 0) is 35.2 Å². The third-order valence-corrected chi connectivity index (χ3v) is 15.5. The maximum absolute atomic E-state index is 14.4. The summed E-state index contributed by atoms with van der Waals surface area (Å²) in [5.41, 5.74) is 0.540. The lowest BCUT2D eigenvalue weighted by atomic mass is 9.33. The lowest BCUT2D eigenvalue weighted by Crippen LogP contribution is -2.66. The molecule has 302 valence electrons. The molecule has 55 heavy (non-hydrogen) atoms. The summed E-state index contributed by atoms with van der Waals surface area (Å²) in [5, 5.41) is 22.8. The normalized spacial score (nSPS) is 37.2. The number of carbonyl (C=O) groups is 5. The van der Waals surface area contributed by atoms with E-state index in [4.69, 9.17) is 24.4 Å².